The zero-order valence-electron chi connectivity index (χ0n) is 12.1. The lowest BCUT2D eigenvalue weighted by molar-refractivity contribution is 0.0458. The number of aliphatic hydroxyl groups is 1. The molecule has 1 fully saturated rings. The Morgan fingerprint density at radius 3 is 2.60 bits per heavy atom. The molecule has 1 saturated carbocycles. The molecule has 0 amide bonds. The Morgan fingerprint density at radius 1 is 1.40 bits per heavy atom. The maximum Gasteiger partial charge on any atom is 0.128 e. The fraction of sp³-hybridized carbons (Fsp3) is 0.625. The number of nitrogens with zero attached hydrogens (tertiary/aromatic N) is 1. The Labute approximate surface area is 120 Å². The highest BCUT2D eigenvalue weighted by Crippen LogP contribution is 2.35. The van der Waals surface area contributed by atoms with Gasteiger partial charge < -0.3 is 10.8 Å². The first kappa shape index (κ1) is 15.4. The minimum absolute atomic E-state index is 0.0812. The number of aliphatic hydroxyl groups excluding tert-OH is 1. The minimum atomic E-state index is -0.205. The maximum atomic E-state index is 14.2. The molecule has 112 valence electrons. The van der Waals surface area contributed by atoms with Gasteiger partial charge in [0, 0.05) is 24.2 Å². The van der Waals surface area contributed by atoms with E-state index in [2.05, 4.69) is 4.90 Å². The molecular weight excluding hydrogens is 255 g/mol. The number of hydrogen-bond acceptors (Lipinski definition) is 3. The number of nitrogens with two attached hydrogens (primary N) is 1. The SMILES string of the molecule is CCC(N)C(c1ccccc1F)N(CCO)C1CCC1. The van der Waals surface area contributed by atoms with Gasteiger partial charge in [0.05, 0.1) is 12.6 Å². The summed E-state index contributed by atoms with van der Waals surface area (Å²) in [5.74, 6) is -0.205. The lowest BCUT2D eigenvalue weighted by Crippen LogP contribution is -2.50. The molecule has 1 aromatic carbocycles. The second kappa shape index (κ2) is 7.16. The molecule has 2 atom stereocenters. The molecule has 0 heterocycles. The molecule has 0 aromatic heterocycles. The van der Waals surface area contributed by atoms with Crippen molar-refractivity contribution >= 4 is 0 Å². The predicted octanol–water partition coefficient (Wildman–Crippen LogP) is 2.45. The summed E-state index contributed by atoms with van der Waals surface area (Å²) in [6.07, 6.45) is 4.22. The molecule has 1 aromatic rings. The summed E-state index contributed by atoms with van der Waals surface area (Å²) in [5, 5.41) is 9.35. The summed E-state index contributed by atoms with van der Waals surface area (Å²) in [6.45, 7) is 2.66. The molecule has 20 heavy (non-hydrogen) atoms. The lowest BCUT2D eigenvalue weighted by Gasteiger charge is -2.44. The minimum Gasteiger partial charge on any atom is -0.395 e. The van der Waals surface area contributed by atoms with E-state index in [4.69, 9.17) is 5.73 Å². The molecule has 3 N–H and O–H groups in total. The van der Waals surface area contributed by atoms with Crippen LogP contribution in [0.4, 0.5) is 4.39 Å². The largest absolute Gasteiger partial charge is 0.395 e. The molecule has 1 aliphatic rings. The highest BCUT2D eigenvalue weighted by Gasteiger charge is 2.34. The summed E-state index contributed by atoms with van der Waals surface area (Å²) in [5.41, 5.74) is 6.93. The predicted molar refractivity (Wildman–Crippen MR) is 78.8 cm³/mol. The van der Waals surface area contributed by atoms with Crippen molar-refractivity contribution in [1.29, 1.82) is 0 Å². The van der Waals surface area contributed by atoms with Gasteiger partial charge in [-0.15, -0.1) is 0 Å². The monoisotopic (exact) mass is 280 g/mol. The highest BCUT2D eigenvalue weighted by atomic mass is 19.1. The molecule has 0 saturated heterocycles. The average Bonchev–Trinajstić information content (AvgIpc) is 2.39. The summed E-state index contributed by atoms with van der Waals surface area (Å²) < 4.78 is 14.2. The van der Waals surface area contributed by atoms with Gasteiger partial charge in [-0.05, 0) is 25.3 Å². The zero-order valence-corrected chi connectivity index (χ0v) is 12.1. The number of benzene rings is 1. The van der Waals surface area contributed by atoms with Gasteiger partial charge in [-0.3, -0.25) is 4.90 Å². The van der Waals surface area contributed by atoms with E-state index in [1.165, 1.54) is 12.5 Å². The van der Waals surface area contributed by atoms with E-state index >= 15 is 0 Å². The van der Waals surface area contributed by atoms with Crippen LogP contribution in [0.1, 0.15) is 44.2 Å². The molecule has 3 nitrogen and oxygen atoms in total. The Balaban J connectivity index is 2.32. The summed E-state index contributed by atoms with van der Waals surface area (Å²) in [6, 6.07) is 7.00. The van der Waals surface area contributed by atoms with Gasteiger partial charge in [-0.25, -0.2) is 4.39 Å². The third kappa shape index (κ3) is 3.19. The highest BCUT2D eigenvalue weighted by molar-refractivity contribution is 5.23. The molecule has 0 spiro atoms. The number of halogens is 1. The first-order chi connectivity index (χ1) is 9.69. The van der Waals surface area contributed by atoms with Crippen LogP contribution in [-0.4, -0.2) is 35.2 Å². The fourth-order valence-corrected chi connectivity index (χ4v) is 2.98. The standard InChI is InChI=1S/C16H25FN2O/c1-2-15(18)16(13-8-3-4-9-14(13)17)19(10-11-20)12-6-5-7-12/h3-4,8-9,12,15-16,20H,2,5-7,10-11,18H2,1H3. The van der Waals surface area contributed by atoms with Crippen LogP contribution in [0.15, 0.2) is 24.3 Å². The average molecular weight is 280 g/mol. The van der Waals surface area contributed by atoms with Gasteiger partial charge in [-0.1, -0.05) is 31.5 Å². The van der Waals surface area contributed by atoms with Crippen LogP contribution in [0, 0.1) is 5.82 Å². The molecule has 2 unspecified atom stereocenters. The Kier molecular flexibility index (Phi) is 5.52. The Bertz CT molecular complexity index is 423. The molecule has 0 radical (unpaired) electrons. The van der Waals surface area contributed by atoms with E-state index < -0.39 is 0 Å². The lowest BCUT2D eigenvalue weighted by atomic mass is 9.86. The van der Waals surface area contributed by atoms with Gasteiger partial charge in [0.2, 0.25) is 0 Å². The molecule has 0 aliphatic heterocycles. The normalized spacial score (nSPS) is 18.9. The molecule has 1 aliphatic carbocycles. The van der Waals surface area contributed by atoms with E-state index in [9.17, 15) is 9.50 Å². The van der Waals surface area contributed by atoms with Crippen molar-refractivity contribution in [3.05, 3.63) is 35.6 Å². The number of hydrogen-bond donors (Lipinski definition) is 2. The Hall–Kier alpha value is -0.970. The van der Waals surface area contributed by atoms with Crippen LogP contribution in [0.2, 0.25) is 0 Å². The van der Waals surface area contributed by atoms with Crippen LogP contribution in [0.25, 0.3) is 0 Å². The van der Waals surface area contributed by atoms with Gasteiger partial charge in [-0.2, -0.15) is 0 Å². The van der Waals surface area contributed by atoms with Crippen LogP contribution in [-0.2, 0) is 0 Å². The zero-order chi connectivity index (χ0) is 14.5. The second-order valence-electron chi connectivity index (χ2n) is 5.58. The first-order valence-electron chi connectivity index (χ1n) is 7.55. The second-order valence-corrected chi connectivity index (χ2v) is 5.58. The Morgan fingerprint density at radius 2 is 2.10 bits per heavy atom. The van der Waals surface area contributed by atoms with Gasteiger partial charge in [0.15, 0.2) is 0 Å². The van der Waals surface area contributed by atoms with Gasteiger partial charge >= 0.3 is 0 Å². The third-order valence-electron chi connectivity index (χ3n) is 4.36. The third-order valence-corrected chi connectivity index (χ3v) is 4.36. The van der Waals surface area contributed by atoms with E-state index in [0.29, 0.717) is 18.2 Å². The van der Waals surface area contributed by atoms with E-state index in [1.807, 2.05) is 19.1 Å². The van der Waals surface area contributed by atoms with Gasteiger partial charge in [0.1, 0.15) is 5.82 Å². The van der Waals surface area contributed by atoms with Crippen molar-refractivity contribution in [2.75, 3.05) is 13.2 Å². The van der Waals surface area contributed by atoms with Crippen molar-refractivity contribution in [2.24, 2.45) is 5.73 Å². The van der Waals surface area contributed by atoms with E-state index in [1.54, 1.807) is 6.07 Å². The topological polar surface area (TPSA) is 49.5 Å². The number of rotatable bonds is 7. The maximum absolute atomic E-state index is 14.2. The van der Waals surface area contributed by atoms with Crippen molar-refractivity contribution in [3.63, 3.8) is 0 Å². The van der Waals surface area contributed by atoms with Crippen LogP contribution in [0.5, 0.6) is 0 Å². The van der Waals surface area contributed by atoms with E-state index in [0.717, 1.165) is 19.3 Å². The van der Waals surface area contributed by atoms with Crippen molar-refractivity contribution in [2.45, 2.75) is 50.7 Å². The smallest absolute Gasteiger partial charge is 0.128 e. The summed E-state index contributed by atoms with van der Waals surface area (Å²) in [4.78, 5) is 2.20. The van der Waals surface area contributed by atoms with Crippen LogP contribution >= 0.6 is 0 Å². The van der Waals surface area contributed by atoms with Crippen LogP contribution < -0.4 is 5.73 Å². The molecule has 2 rings (SSSR count). The van der Waals surface area contributed by atoms with Crippen molar-refractivity contribution in [3.8, 4) is 0 Å². The fourth-order valence-electron chi connectivity index (χ4n) is 2.98. The van der Waals surface area contributed by atoms with Crippen molar-refractivity contribution in [1.82, 2.24) is 4.90 Å². The first-order valence-corrected chi connectivity index (χ1v) is 7.55. The van der Waals surface area contributed by atoms with Gasteiger partial charge in [0.25, 0.3) is 0 Å². The molecule has 4 heteroatoms. The molecule has 0 bridgehead atoms. The molecular formula is C16H25FN2O. The summed E-state index contributed by atoms with van der Waals surface area (Å²) >= 11 is 0. The summed E-state index contributed by atoms with van der Waals surface area (Å²) in [7, 11) is 0. The van der Waals surface area contributed by atoms with E-state index in [-0.39, 0.29) is 24.5 Å². The van der Waals surface area contributed by atoms with Crippen molar-refractivity contribution < 1.29 is 9.50 Å². The van der Waals surface area contributed by atoms with Crippen LogP contribution in [0.3, 0.4) is 0 Å². The quantitative estimate of drug-likeness (QED) is 0.806.